The van der Waals surface area contributed by atoms with Gasteiger partial charge in [0.15, 0.2) is 0 Å². The number of hydrogen-bond donors (Lipinski definition) is 1. The third-order valence-electron chi connectivity index (χ3n) is 5.02. The molecule has 0 unspecified atom stereocenters. The van der Waals surface area contributed by atoms with Crippen molar-refractivity contribution in [3.63, 3.8) is 0 Å². The minimum Gasteiger partial charge on any atom is -0.478 e. The first-order valence-corrected chi connectivity index (χ1v) is 11.1. The van der Waals surface area contributed by atoms with Gasteiger partial charge in [0.05, 0.1) is 27.0 Å². The highest BCUT2D eigenvalue weighted by molar-refractivity contribution is 7.13. The minimum atomic E-state index is -1.01. The van der Waals surface area contributed by atoms with Gasteiger partial charge in [-0.3, -0.25) is 9.78 Å². The number of halogens is 1. The Kier molecular flexibility index (Phi) is 6.35. The van der Waals surface area contributed by atoms with Crippen LogP contribution >= 0.6 is 22.9 Å². The summed E-state index contributed by atoms with van der Waals surface area (Å²) in [4.78, 5) is 29.8. The molecule has 1 N–H and O–H groups in total. The summed E-state index contributed by atoms with van der Waals surface area (Å²) in [5.74, 6) is -1.42. The number of nitrogens with zero attached hydrogens (tertiary/aromatic N) is 3. The molecule has 164 valence electrons. The van der Waals surface area contributed by atoms with Crippen molar-refractivity contribution >= 4 is 45.7 Å². The van der Waals surface area contributed by atoms with Gasteiger partial charge >= 0.3 is 5.97 Å². The molecule has 0 aliphatic heterocycles. The van der Waals surface area contributed by atoms with Crippen molar-refractivity contribution in [2.45, 2.75) is 6.92 Å². The molecule has 0 atom stereocenters. The van der Waals surface area contributed by atoms with E-state index in [0.29, 0.717) is 16.8 Å². The van der Waals surface area contributed by atoms with Crippen LogP contribution in [-0.4, -0.2) is 31.7 Å². The van der Waals surface area contributed by atoms with Crippen LogP contribution in [0.3, 0.4) is 0 Å². The number of carbonyl (C=O) groups is 2. The third kappa shape index (κ3) is 4.28. The van der Waals surface area contributed by atoms with Crippen molar-refractivity contribution in [1.29, 1.82) is 0 Å². The Hall–Kier alpha value is -3.81. The predicted molar refractivity (Wildman–Crippen MR) is 132 cm³/mol. The van der Waals surface area contributed by atoms with E-state index in [0.717, 1.165) is 15.8 Å². The lowest BCUT2D eigenvalue weighted by Gasteiger charge is -2.06. The molecule has 0 saturated heterocycles. The molecule has 0 spiro atoms. The molecule has 33 heavy (non-hydrogen) atoms. The van der Waals surface area contributed by atoms with E-state index in [1.54, 1.807) is 42.9 Å². The molecule has 4 rings (SSSR count). The summed E-state index contributed by atoms with van der Waals surface area (Å²) in [6, 6.07) is 12.1. The van der Waals surface area contributed by atoms with Crippen molar-refractivity contribution in [2.24, 2.45) is 0 Å². The number of thiazole rings is 1. The van der Waals surface area contributed by atoms with Crippen molar-refractivity contribution in [3.05, 3.63) is 95.1 Å². The number of benzene rings is 2. The van der Waals surface area contributed by atoms with E-state index >= 15 is 0 Å². The van der Waals surface area contributed by atoms with Gasteiger partial charge in [0.25, 0.3) is 5.91 Å². The van der Waals surface area contributed by atoms with E-state index in [9.17, 15) is 14.7 Å². The van der Waals surface area contributed by atoms with Crippen LogP contribution in [0.15, 0.2) is 89.6 Å². The van der Waals surface area contributed by atoms with E-state index in [4.69, 9.17) is 11.6 Å². The summed E-state index contributed by atoms with van der Waals surface area (Å²) >= 11 is 7.80. The van der Waals surface area contributed by atoms with Gasteiger partial charge in [0.1, 0.15) is 5.69 Å². The fraction of sp³-hybridized carbons (Fsp3) is 0.0400. The highest BCUT2D eigenvalue weighted by Gasteiger charge is 2.22. The normalized spacial score (nSPS) is 12.2. The maximum atomic E-state index is 13.5. The molecule has 2 aromatic carbocycles. The standard InChI is InChI=1S/C25H18ClN3O3S/c1-3-5-18(20(26)4-2)24(30)29-21-12-17(22-13-27-14-33-22)10-11-19(21)23(28-29)15-6-8-16(9-7-15)25(31)32/h3-14H,1H2,2H3,(H,31,32). The van der Waals surface area contributed by atoms with Gasteiger partial charge < -0.3 is 5.11 Å². The monoisotopic (exact) mass is 475 g/mol. The summed E-state index contributed by atoms with van der Waals surface area (Å²) in [6.45, 7) is 5.42. The maximum Gasteiger partial charge on any atom is 0.335 e. The number of carboxylic acids is 1. The summed E-state index contributed by atoms with van der Waals surface area (Å²) in [6.07, 6.45) is 6.44. The van der Waals surface area contributed by atoms with Gasteiger partial charge in [-0.1, -0.05) is 48.5 Å². The number of carbonyl (C=O) groups excluding carboxylic acids is 1. The average molecular weight is 476 g/mol. The lowest BCUT2D eigenvalue weighted by Crippen LogP contribution is -2.15. The van der Waals surface area contributed by atoms with Gasteiger partial charge in [0.2, 0.25) is 0 Å². The van der Waals surface area contributed by atoms with Gasteiger partial charge in [-0.05, 0) is 42.8 Å². The number of fused-ring (bicyclic) bond motifs is 1. The molecule has 4 aromatic rings. The molecule has 2 heterocycles. The summed E-state index contributed by atoms with van der Waals surface area (Å²) < 4.78 is 1.32. The van der Waals surface area contributed by atoms with Gasteiger partial charge in [-0.2, -0.15) is 9.78 Å². The summed E-state index contributed by atoms with van der Waals surface area (Å²) in [5.41, 5.74) is 4.91. The summed E-state index contributed by atoms with van der Waals surface area (Å²) in [7, 11) is 0. The molecule has 0 aliphatic carbocycles. The Morgan fingerprint density at radius 3 is 2.48 bits per heavy atom. The number of carboxylic acid groups (broad SMARTS) is 1. The fourth-order valence-electron chi connectivity index (χ4n) is 3.41. The van der Waals surface area contributed by atoms with Crippen LogP contribution in [0.5, 0.6) is 0 Å². The van der Waals surface area contributed by atoms with E-state index < -0.39 is 11.9 Å². The third-order valence-corrected chi connectivity index (χ3v) is 6.27. The molecule has 8 heteroatoms. The van der Waals surface area contributed by atoms with Crippen molar-refractivity contribution < 1.29 is 14.7 Å². The second-order valence-corrected chi connectivity index (χ2v) is 8.29. The highest BCUT2D eigenvalue weighted by atomic mass is 35.5. The Morgan fingerprint density at radius 2 is 1.88 bits per heavy atom. The van der Waals surface area contributed by atoms with Gasteiger partial charge in [-0.25, -0.2) is 4.79 Å². The molecular formula is C25H18ClN3O3S. The van der Waals surface area contributed by atoms with Crippen LogP contribution in [0.1, 0.15) is 22.1 Å². The minimum absolute atomic E-state index is 0.169. The zero-order valence-electron chi connectivity index (χ0n) is 17.5. The molecule has 0 bridgehead atoms. The Labute approximate surface area is 198 Å². The SMILES string of the molecule is C=CC=C(C(=O)n1nc(-c2ccc(C(=O)O)cc2)c2ccc(-c3cncs3)cc21)C(Cl)=CC. The number of hydrogen-bond acceptors (Lipinski definition) is 5. The second kappa shape index (κ2) is 9.36. The van der Waals surface area contributed by atoms with Crippen LogP contribution < -0.4 is 0 Å². The van der Waals surface area contributed by atoms with Crippen molar-refractivity contribution in [2.75, 3.05) is 0 Å². The zero-order chi connectivity index (χ0) is 23.5. The molecule has 0 fully saturated rings. The lowest BCUT2D eigenvalue weighted by atomic mass is 10.0. The smallest absolute Gasteiger partial charge is 0.335 e. The number of allylic oxidation sites excluding steroid dienone is 5. The first-order chi connectivity index (χ1) is 15.9. The Bertz CT molecular complexity index is 1430. The molecule has 0 saturated carbocycles. The molecule has 0 amide bonds. The molecule has 0 radical (unpaired) electrons. The van der Waals surface area contributed by atoms with E-state index in [1.807, 2.05) is 18.2 Å². The highest BCUT2D eigenvalue weighted by Crippen LogP contribution is 2.33. The lowest BCUT2D eigenvalue weighted by molar-refractivity contribution is 0.0696. The van der Waals surface area contributed by atoms with E-state index in [2.05, 4.69) is 16.7 Å². The topological polar surface area (TPSA) is 85.1 Å². The molecule has 6 nitrogen and oxygen atoms in total. The van der Waals surface area contributed by atoms with Crippen LogP contribution in [0, 0.1) is 0 Å². The van der Waals surface area contributed by atoms with Crippen molar-refractivity contribution in [3.8, 4) is 21.7 Å². The Balaban J connectivity index is 1.95. The fourth-order valence-corrected chi connectivity index (χ4v) is 4.17. The van der Waals surface area contributed by atoms with Crippen LogP contribution in [0.25, 0.3) is 32.6 Å². The first kappa shape index (κ1) is 22.4. The van der Waals surface area contributed by atoms with Crippen molar-refractivity contribution in [1.82, 2.24) is 14.8 Å². The Morgan fingerprint density at radius 1 is 1.15 bits per heavy atom. The van der Waals surface area contributed by atoms with Gasteiger partial charge in [-0.15, -0.1) is 11.3 Å². The molecular weight excluding hydrogens is 458 g/mol. The molecule has 0 aliphatic rings. The molecule has 2 aromatic heterocycles. The largest absolute Gasteiger partial charge is 0.478 e. The maximum absolute atomic E-state index is 13.5. The quantitative estimate of drug-likeness (QED) is 0.257. The second-order valence-electron chi connectivity index (χ2n) is 7.00. The number of rotatable bonds is 6. The average Bonchev–Trinajstić information content (AvgIpc) is 3.50. The van der Waals surface area contributed by atoms with Crippen LogP contribution in [0.2, 0.25) is 0 Å². The number of aromatic nitrogens is 3. The van der Waals surface area contributed by atoms with E-state index in [-0.39, 0.29) is 16.2 Å². The first-order valence-electron chi connectivity index (χ1n) is 9.89. The van der Waals surface area contributed by atoms with E-state index in [1.165, 1.54) is 34.2 Å². The summed E-state index contributed by atoms with van der Waals surface area (Å²) in [5, 5.41) is 14.9. The van der Waals surface area contributed by atoms with Crippen LogP contribution in [-0.2, 0) is 0 Å². The van der Waals surface area contributed by atoms with Crippen LogP contribution in [0.4, 0.5) is 0 Å². The number of aromatic carboxylic acids is 1. The predicted octanol–water partition coefficient (Wildman–Crippen LogP) is 6.42. The zero-order valence-corrected chi connectivity index (χ0v) is 19.1. The van der Waals surface area contributed by atoms with Gasteiger partial charge in [0, 0.05) is 22.2 Å².